The summed E-state index contributed by atoms with van der Waals surface area (Å²) in [5.41, 5.74) is 4.76. The van der Waals surface area contributed by atoms with Crippen molar-refractivity contribution in [3.05, 3.63) is 47.3 Å². The van der Waals surface area contributed by atoms with Crippen LogP contribution in [-0.4, -0.2) is 20.2 Å². The van der Waals surface area contributed by atoms with Gasteiger partial charge in [0.15, 0.2) is 0 Å². The molecule has 0 amide bonds. The molecule has 4 heteroatoms. The summed E-state index contributed by atoms with van der Waals surface area (Å²) in [4.78, 5) is 8.98. The van der Waals surface area contributed by atoms with Gasteiger partial charge in [-0.2, -0.15) is 10.2 Å². The Morgan fingerprint density at radius 1 is 0.714 bits per heavy atom. The number of aromatic nitrogens is 4. The normalized spacial score (nSPS) is 13.6. The molecule has 0 N–H and O–H groups in total. The van der Waals surface area contributed by atoms with Crippen molar-refractivity contribution in [3.63, 3.8) is 0 Å². The van der Waals surface area contributed by atoms with Gasteiger partial charge in [0.05, 0.1) is 11.4 Å². The van der Waals surface area contributed by atoms with Crippen LogP contribution in [0, 0.1) is 0 Å². The molecule has 4 nitrogen and oxygen atoms in total. The van der Waals surface area contributed by atoms with Gasteiger partial charge in [0.25, 0.3) is 0 Å². The summed E-state index contributed by atoms with van der Waals surface area (Å²) in [6, 6.07) is 2.15. The molecule has 0 radical (unpaired) electrons. The molecule has 2 heterocycles. The first kappa shape index (κ1) is 22.4. The molecule has 0 saturated carbocycles. The molecule has 154 valence electrons. The highest BCUT2D eigenvalue weighted by Crippen LogP contribution is 2.40. The molecule has 0 spiro atoms. The maximum absolute atomic E-state index is 4.64. The van der Waals surface area contributed by atoms with Crippen LogP contribution in [0.5, 0.6) is 0 Å². The lowest BCUT2D eigenvalue weighted by atomic mass is 9.69. The Hall–Kier alpha value is -1.84. The zero-order valence-electron chi connectivity index (χ0n) is 19.5. The van der Waals surface area contributed by atoms with Crippen molar-refractivity contribution in [2.24, 2.45) is 0 Å². The molecule has 0 aromatic carbocycles. The molecule has 0 aliphatic carbocycles. The van der Waals surface area contributed by atoms with Crippen LogP contribution in [0.4, 0.5) is 0 Å². The molecule has 2 aromatic rings. The minimum atomic E-state index is -0.0247. The number of nitrogens with zero attached hydrogens (tertiary/aromatic N) is 4. The minimum Gasteiger partial charge on any atom is -0.244 e. The quantitative estimate of drug-likeness (QED) is 0.646. The molecule has 2 rings (SSSR count). The maximum Gasteiger partial charge on any atom is 0.115 e. The van der Waals surface area contributed by atoms with Crippen LogP contribution in [0.3, 0.4) is 0 Å². The molecular formula is C24H38N4. The highest BCUT2D eigenvalue weighted by molar-refractivity contribution is 5.33. The topological polar surface area (TPSA) is 51.6 Å². The van der Waals surface area contributed by atoms with Crippen molar-refractivity contribution in [3.8, 4) is 0 Å². The van der Waals surface area contributed by atoms with Gasteiger partial charge in [-0.1, -0.05) is 69.2 Å². The van der Waals surface area contributed by atoms with E-state index in [1.165, 1.54) is 11.1 Å². The minimum absolute atomic E-state index is 0.000511. The van der Waals surface area contributed by atoms with E-state index in [9.17, 15) is 0 Å². The van der Waals surface area contributed by atoms with Crippen LogP contribution in [-0.2, 0) is 21.7 Å². The maximum atomic E-state index is 4.64. The van der Waals surface area contributed by atoms with Gasteiger partial charge in [0.2, 0.25) is 0 Å². The lowest BCUT2D eigenvalue weighted by Gasteiger charge is -2.36. The second-order valence-electron chi connectivity index (χ2n) is 11.3. The van der Waals surface area contributed by atoms with E-state index in [4.69, 9.17) is 0 Å². The predicted molar refractivity (Wildman–Crippen MR) is 117 cm³/mol. The second kappa shape index (κ2) is 7.53. The van der Waals surface area contributed by atoms with E-state index in [1.807, 2.05) is 12.4 Å². The zero-order chi connectivity index (χ0) is 21.4. The summed E-state index contributed by atoms with van der Waals surface area (Å²) in [5, 5.41) is 8.65. The summed E-state index contributed by atoms with van der Waals surface area (Å²) < 4.78 is 0. The van der Waals surface area contributed by atoms with E-state index in [2.05, 4.69) is 95.5 Å². The highest BCUT2D eigenvalue weighted by Gasteiger charge is 2.34. The van der Waals surface area contributed by atoms with Crippen molar-refractivity contribution >= 4 is 0 Å². The number of rotatable bonds is 5. The molecule has 0 atom stereocenters. The highest BCUT2D eigenvalue weighted by atomic mass is 15.1. The van der Waals surface area contributed by atoms with Gasteiger partial charge in [-0.3, -0.25) is 0 Å². The smallest absolute Gasteiger partial charge is 0.115 e. The first-order chi connectivity index (χ1) is 12.7. The Kier molecular flexibility index (Phi) is 6.04. The van der Waals surface area contributed by atoms with Crippen LogP contribution in [0.15, 0.2) is 24.8 Å². The standard InChI is InChI=1S/C24H38N4/c1-21(2,3)19-18(15-25-16-26-19)24(9,10)13-12-23(7,8)17-11-14-27-28-20(17)22(4,5)6/h11,14-16H,12-13H2,1-10H3. The lowest BCUT2D eigenvalue weighted by Crippen LogP contribution is -2.30. The monoisotopic (exact) mass is 382 g/mol. The Bertz CT molecular complexity index is 738. The largest absolute Gasteiger partial charge is 0.244 e. The summed E-state index contributed by atoms with van der Waals surface area (Å²) in [7, 11) is 0. The number of hydrogen-bond acceptors (Lipinski definition) is 4. The first-order valence-electron chi connectivity index (χ1n) is 10.3. The van der Waals surface area contributed by atoms with Crippen LogP contribution in [0.2, 0.25) is 0 Å². The second-order valence-corrected chi connectivity index (χ2v) is 11.3. The predicted octanol–water partition coefficient (Wildman–Crippen LogP) is 5.90. The van der Waals surface area contributed by atoms with E-state index in [1.54, 1.807) is 6.33 Å². The van der Waals surface area contributed by atoms with Gasteiger partial charge in [-0.05, 0) is 40.9 Å². The summed E-state index contributed by atoms with van der Waals surface area (Å²) in [6.07, 6.45) is 7.59. The summed E-state index contributed by atoms with van der Waals surface area (Å²) in [5.74, 6) is 0. The third kappa shape index (κ3) is 4.95. The summed E-state index contributed by atoms with van der Waals surface area (Å²) >= 11 is 0. The van der Waals surface area contributed by atoms with Crippen molar-refractivity contribution in [2.75, 3.05) is 0 Å². The lowest BCUT2D eigenvalue weighted by molar-refractivity contribution is 0.360. The van der Waals surface area contributed by atoms with Gasteiger partial charge >= 0.3 is 0 Å². The van der Waals surface area contributed by atoms with Crippen molar-refractivity contribution in [1.82, 2.24) is 20.2 Å². The summed E-state index contributed by atoms with van der Waals surface area (Å²) in [6.45, 7) is 22.5. The zero-order valence-corrected chi connectivity index (χ0v) is 19.5. The molecule has 28 heavy (non-hydrogen) atoms. The molecule has 2 aromatic heterocycles. The van der Waals surface area contributed by atoms with E-state index >= 15 is 0 Å². The third-order valence-electron chi connectivity index (χ3n) is 5.69. The SMILES string of the molecule is CC(C)(C)c1ncncc1C(C)(C)CCC(C)(C)c1ccnnc1C(C)(C)C. The fourth-order valence-corrected chi connectivity index (χ4v) is 3.75. The van der Waals surface area contributed by atoms with Crippen LogP contribution >= 0.6 is 0 Å². The van der Waals surface area contributed by atoms with Gasteiger partial charge in [-0.15, -0.1) is 0 Å². The first-order valence-corrected chi connectivity index (χ1v) is 10.3. The Morgan fingerprint density at radius 2 is 1.25 bits per heavy atom. The van der Waals surface area contributed by atoms with E-state index in [0.29, 0.717) is 0 Å². The fraction of sp³-hybridized carbons (Fsp3) is 0.667. The fourth-order valence-electron chi connectivity index (χ4n) is 3.75. The average molecular weight is 383 g/mol. The molecular weight excluding hydrogens is 344 g/mol. The molecule has 0 bridgehead atoms. The van der Waals surface area contributed by atoms with E-state index in [-0.39, 0.29) is 21.7 Å². The molecule has 0 aliphatic rings. The molecule has 0 unspecified atom stereocenters. The molecule has 0 fully saturated rings. The van der Waals surface area contributed by atoms with Gasteiger partial charge < -0.3 is 0 Å². The third-order valence-corrected chi connectivity index (χ3v) is 5.69. The van der Waals surface area contributed by atoms with Crippen LogP contribution < -0.4 is 0 Å². The Labute approximate surface area is 171 Å². The molecule has 0 saturated heterocycles. The van der Waals surface area contributed by atoms with Crippen LogP contribution in [0.25, 0.3) is 0 Å². The average Bonchev–Trinajstić information content (AvgIpc) is 2.59. The Morgan fingerprint density at radius 3 is 1.79 bits per heavy atom. The van der Waals surface area contributed by atoms with Gasteiger partial charge in [0.1, 0.15) is 6.33 Å². The number of hydrogen-bond donors (Lipinski definition) is 0. The van der Waals surface area contributed by atoms with Crippen molar-refractivity contribution in [1.29, 1.82) is 0 Å². The van der Waals surface area contributed by atoms with E-state index < -0.39 is 0 Å². The van der Waals surface area contributed by atoms with Gasteiger partial charge in [-0.25, -0.2) is 9.97 Å². The molecule has 0 aliphatic heterocycles. The van der Waals surface area contributed by atoms with Crippen molar-refractivity contribution < 1.29 is 0 Å². The Balaban J connectivity index is 2.34. The van der Waals surface area contributed by atoms with Gasteiger partial charge in [0, 0.05) is 23.2 Å². The van der Waals surface area contributed by atoms with Crippen LogP contribution in [0.1, 0.15) is 105 Å². The van der Waals surface area contributed by atoms with E-state index in [0.717, 1.165) is 24.2 Å². The van der Waals surface area contributed by atoms with Crippen molar-refractivity contribution in [2.45, 2.75) is 104 Å².